The van der Waals surface area contributed by atoms with Crippen molar-refractivity contribution in [1.29, 1.82) is 0 Å². The first-order valence-corrected chi connectivity index (χ1v) is 6.34. The lowest BCUT2D eigenvalue weighted by Gasteiger charge is -2.06. The van der Waals surface area contributed by atoms with Crippen molar-refractivity contribution < 1.29 is 0 Å². The molecule has 98 valence electrons. The predicted molar refractivity (Wildman–Crippen MR) is 88.8 cm³/mol. The molecule has 0 radical (unpaired) electrons. The highest BCUT2D eigenvalue weighted by Gasteiger charge is 2.14. The third-order valence-corrected chi connectivity index (χ3v) is 2.93. The summed E-state index contributed by atoms with van der Waals surface area (Å²) in [5.41, 5.74) is 4.43. The summed E-state index contributed by atoms with van der Waals surface area (Å²) < 4.78 is 2.23. The molecule has 0 saturated carbocycles. The number of hydrogen-bond donors (Lipinski definition) is 0. The van der Waals surface area contributed by atoms with Crippen molar-refractivity contribution in [2.45, 2.75) is 13.5 Å². The highest BCUT2D eigenvalue weighted by molar-refractivity contribution is 5.79. The zero-order chi connectivity index (χ0) is 14.3. The minimum absolute atomic E-state index is 0.877. The maximum atomic E-state index is 3.91. The van der Waals surface area contributed by atoms with Gasteiger partial charge in [0.1, 0.15) is 0 Å². The molecule has 1 heteroatoms. The third kappa shape index (κ3) is 2.94. The van der Waals surface area contributed by atoms with Gasteiger partial charge in [-0.25, -0.2) is 0 Å². The van der Waals surface area contributed by atoms with Crippen LogP contribution < -0.4 is 0 Å². The van der Waals surface area contributed by atoms with E-state index < -0.39 is 0 Å². The minimum Gasteiger partial charge on any atom is -0.341 e. The van der Waals surface area contributed by atoms with Gasteiger partial charge in [0, 0.05) is 29.1 Å². The van der Waals surface area contributed by atoms with E-state index in [0.717, 1.165) is 29.1 Å². The maximum absolute atomic E-state index is 3.91. The molecule has 0 N–H and O–H groups in total. The van der Waals surface area contributed by atoms with Crippen molar-refractivity contribution in [3.8, 4) is 0 Å². The smallest absolute Gasteiger partial charge is 0.0491 e. The van der Waals surface area contributed by atoms with Crippen LogP contribution in [0.5, 0.6) is 0 Å². The van der Waals surface area contributed by atoms with Crippen LogP contribution in [-0.2, 0) is 6.54 Å². The summed E-state index contributed by atoms with van der Waals surface area (Å²) in [7, 11) is 0. The molecular weight excluding hydrogens is 230 g/mol. The zero-order valence-electron chi connectivity index (χ0n) is 11.6. The maximum Gasteiger partial charge on any atom is 0.0491 e. The number of nitrogens with zero attached hydrogens (tertiary/aromatic N) is 1. The Labute approximate surface area is 116 Å². The quantitative estimate of drug-likeness (QED) is 0.587. The van der Waals surface area contributed by atoms with Gasteiger partial charge in [0.05, 0.1) is 0 Å². The lowest BCUT2D eigenvalue weighted by atomic mass is 10.1. The summed E-state index contributed by atoms with van der Waals surface area (Å²) in [6, 6.07) is 0. The number of hydrogen-bond acceptors (Lipinski definition) is 0. The van der Waals surface area contributed by atoms with Gasteiger partial charge in [0.25, 0.3) is 0 Å². The lowest BCUT2D eigenvalue weighted by Crippen LogP contribution is -1.99. The van der Waals surface area contributed by atoms with E-state index in [0.29, 0.717) is 0 Å². The molecule has 0 fully saturated rings. The second-order valence-corrected chi connectivity index (χ2v) is 3.94. The largest absolute Gasteiger partial charge is 0.341 e. The van der Waals surface area contributed by atoms with Crippen LogP contribution in [0.3, 0.4) is 0 Å². The number of rotatable bonds is 7. The van der Waals surface area contributed by atoms with Gasteiger partial charge in [-0.2, -0.15) is 0 Å². The van der Waals surface area contributed by atoms with Gasteiger partial charge in [0.2, 0.25) is 0 Å². The Morgan fingerprint density at radius 1 is 0.842 bits per heavy atom. The zero-order valence-corrected chi connectivity index (χ0v) is 11.6. The molecular formula is C18H21N. The molecule has 0 amide bonds. The Morgan fingerprint density at radius 2 is 1.26 bits per heavy atom. The van der Waals surface area contributed by atoms with Gasteiger partial charge in [-0.15, -0.1) is 0 Å². The third-order valence-electron chi connectivity index (χ3n) is 2.93. The Hall–Kier alpha value is -2.28. The van der Waals surface area contributed by atoms with Gasteiger partial charge in [-0.3, -0.25) is 0 Å². The molecule has 0 aliphatic rings. The van der Waals surface area contributed by atoms with Gasteiger partial charge in [-0.1, -0.05) is 62.8 Å². The van der Waals surface area contributed by atoms with Gasteiger partial charge < -0.3 is 4.57 Å². The van der Waals surface area contributed by atoms with E-state index in [9.17, 15) is 0 Å². The average Bonchev–Trinajstić information content (AvgIpc) is 2.74. The molecule has 0 unspecified atom stereocenters. The Kier molecular flexibility index (Phi) is 5.62. The second-order valence-electron chi connectivity index (χ2n) is 3.94. The molecule has 0 spiro atoms. The molecule has 0 aliphatic heterocycles. The monoisotopic (exact) mass is 251 g/mol. The summed E-state index contributed by atoms with van der Waals surface area (Å²) in [6.07, 6.45) is 15.2. The van der Waals surface area contributed by atoms with Crippen LogP contribution in [0.15, 0.2) is 50.6 Å². The van der Waals surface area contributed by atoms with Crippen molar-refractivity contribution in [2.75, 3.05) is 0 Å². The van der Waals surface area contributed by atoms with Crippen LogP contribution in [0.2, 0.25) is 0 Å². The first-order valence-electron chi connectivity index (χ1n) is 6.34. The predicted octanol–water partition coefficient (Wildman–Crippen LogP) is 5.19. The topological polar surface area (TPSA) is 4.93 Å². The van der Waals surface area contributed by atoms with E-state index in [4.69, 9.17) is 0 Å². The highest BCUT2D eigenvalue weighted by Crippen LogP contribution is 2.28. The van der Waals surface area contributed by atoms with Gasteiger partial charge in [0.15, 0.2) is 0 Å². The molecule has 0 atom stereocenters. The van der Waals surface area contributed by atoms with Crippen LogP contribution in [0.1, 0.15) is 29.4 Å². The van der Waals surface area contributed by atoms with Crippen LogP contribution in [0.4, 0.5) is 0 Å². The van der Waals surface area contributed by atoms with E-state index in [1.165, 1.54) is 0 Å². The summed E-state index contributed by atoms with van der Waals surface area (Å²) in [5, 5.41) is 0. The van der Waals surface area contributed by atoms with Crippen LogP contribution in [-0.4, -0.2) is 4.57 Å². The van der Waals surface area contributed by atoms with Gasteiger partial charge >= 0.3 is 0 Å². The summed E-state index contributed by atoms with van der Waals surface area (Å²) in [4.78, 5) is 0. The van der Waals surface area contributed by atoms with Crippen molar-refractivity contribution in [2.24, 2.45) is 0 Å². The van der Waals surface area contributed by atoms with E-state index in [1.807, 2.05) is 36.5 Å². The highest BCUT2D eigenvalue weighted by atomic mass is 15.0. The van der Waals surface area contributed by atoms with E-state index in [2.05, 4.69) is 37.8 Å². The van der Waals surface area contributed by atoms with Crippen LogP contribution in [0.25, 0.3) is 24.3 Å². The molecule has 1 aromatic rings. The SMILES string of the molecule is C=C/C=C\c1c(C=C)c(C=C)c(/C=C\C=C)n1CC. The van der Waals surface area contributed by atoms with Crippen LogP contribution >= 0.6 is 0 Å². The average molecular weight is 251 g/mol. The first kappa shape index (κ1) is 14.8. The fourth-order valence-corrected chi connectivity index (χ4v) is 2.14. The lowest BCUT2D eigenvalue weighted by molar-refractivity contribution is 0.753. The van der Waals surface area contributed by atoms with E-state index in [1.54, 1.807) is 12.2 Å². The minimum atomic E-state index is 0.877. The summed E-state index contributed by atoms with van der Waals surface area (Å²) in [6.45, 7) is 18.3. The normalized spacial score (nSPS) is 11.0. The Morgan fingerprint density at radius 3 is 1.53 bits per heavy atom. The Balaban J connectivity index is 3.65. The fraction of sp³-hybridized carbons (Fsp3) is 0.111. The standard InChI is InChI=1S/C18H21N/c1-6-11-13-17-15(8-3)16(9-4)18(14-12-7-2)19(17)10-5/h6-9,11-14H,1-4,10H2,5H3/b13-11-,14-12-. The second kappa shape index (κ2) is 7.22. The van der Waals surface area contributed by atoms with Crippen LogP contribution in [0, 0.1) is 0 Å². The first-order chi connectivity index (χ1) is 9.24. The van der Waals surface area contributed by atoms with Crippen molar-refractivity contribution in [3.63, 3.8) is 0 Å². The summed E-state index contributed by atoms with van der Waals surface area (Å²) in [5.74, 6) is 0. The number of aromatic nitrogens is 1. The molecule has 0 aromatic carbocycles. The molecule has 0 aliphatic carbocycles. The molecule has 19 heavy (non-hydrogen) atoms. The van der Waals surface area contributed by atoms with Gasteiger partial charge in [-0.05, 0) is 19.1 Å². The summed E-state index contributed by atoms with van der Waals surface area (Å²) >= 11 is 0. The molecule has 0 bridgehead atoms. The van der Waals surface area contributed by atoms with Crippen molar-refractivity contribution >= 4 is 24.3 Å². The van der Waals surface area contributed by atoms with Crippen molar-refractivity contribution in [3.05, 3.63) is 73.1 Å². The molecule has 1 aromatic heterocycles. The van der Waals surface area contributed by atoms with E-state index >= 15 is 0 Å². The van der Waals surface area contributed by atoms with E-state index in [-0.39, 0.29) is 0 Å². The Bertz CT molecular complexity index is 503. The molecule has 0 saturated heterocycles. The molecule has 1 rings (SSSR count). The molecule has 1 heterocycles. The van der Waals surface area contributed by atoms with Crippen molar-refractivity contribution in [1.82, 2.24) is 4.57 Å². The fourth-order valence-electron chi connectivity index (χ4n) is 2.14. The number of allylic oxidation sites excluding steroid dienone is 4. The molecule has 1 nitrogen and oxygen atoms in total.